The molecule has 0 saturated heterocycles. The van der Waals surface area contributed by atoms with Gasteiger partial charge >= 0.3 is 0 Å². The molecule has 3 aromatic rings. The number of methoxy groups -OCH3 is 1. The third kappa shape index (κ3) is 3.60. The predicted molar refractivity (Wildman–Crippen MR) is 127 cm³/mol. The number of aromatic nitrogens is 2. The molecule has 1 aromatic heterocycles. The Kier molecular flexibility index (Phi) is 5.19. The van der Waals surface area contributed by atoms with Gasteiger partial charge in [0.15, 0.2) is 5.82 Å². The van der Waals surface area contributed by atoms with Crippen molar-refractivity contribution in [2.75, 3.05) is 7.11 Å². The number of carbonyl (C=O) groups is 1. The Labute approximate surface area is 200 Å². The second-order valence-corrected chi connectivity index (χ2v) is 10.4. The summed E-state index contributed by atoms with van der Waals surface area (Å²) < 4.78 is 11.2. The van der Waals surface area contributed by atoms with Crippen LogP contribution in [0, 0.1) is 24.7 Å². The molecule has 2 aromatic carbocycles. The smallest absolute Gasteiger partial charge is 0.230 e. The van der Waals surface area contributed by atoms with Crippen molar-refractivity contribution in [1.29, 1.82) is 0 Å². The lowest BCUT2D eigenvalue weighted by Crippen LogP contribution is -2.37. The minimum absolute atomic E-state index is 0.0182. The van der Waals surface area contributed by atoms with Crippen molar-refractivity contribution in [2.24, 2.45) is 17.8 Å². The largest absolute Gasteiger partial charge is 0.497 e. The van der Waals surface area contributed by atoms with E-state index in [1.165, 1.54) is 11.1 Å². The standard InChI is InChI=1S/C28H31N3O3/c1-17-3-5-18(6-4-17)16-29-25(32)23-19-7-8-20(15-19)24(23)26-30-27(31-34-26)28(13-14-28)21-9-11-22(33-2)12-10-21/h3-6,9-12,19-20,23-24H,7-8,13-16H2,1-2H3,(H,29,32)/t19-,20+,23-,24-/m0/s1. The minimum atomic E-state index is -0.172. The van der Waals surface area contributed by atoms with Gasteiger partial charge in [-0.25, -0.2) is 0 Å². The van der Waals surface area contributed by atoms with E-state index in [4.69, 9.17) is 14.2 Å². The van der Waals surface area contributed by atoms with E-state index in [1.807, 2.05) is 12.1 Å². The Morgan fingerprint density at radius 2 is 1.82 bits per heavy atom. The second-order valence-electron chi connectivity index (χ2n) is 10.4. The maximum Gasteiger partial charge on any atom is 0.230 e. The van der Waals surface area contributed by atoms with Crippen LogP contribution < -0.4 is 10.1 Å². The number of hydrogen-bond acceptors (Lipinski definition) is 5. The van der Waals surface area contributed by atoms with Gasteiger partial charge in [-0.15, -0.1) is 0 Å². The molecule has 1 N–H and O–H groups in total. The highest BCUT2D eigenvalue weighted by molar-refractivity contribution is 5.80. The topological polar surface area (TPSA) is 77.2 Å². The first-order valence-electron chi connectivity index (χ1n) is 12.4. The second kappa shape index (κ2) is 8.26. The summed E-state index contributed by atoms with van der Waals surface area (Å²) in [5.41, 5.74) is 3.36. The molecule has 0 radical (unpaired) electrons. The third-order valence-corrected chi connectivity index (χ3v) is 8.35. The summed E-state index contributed by atoms with van der Waals surface area (Å²) in [6, 6.07) is 16.5. The fourth-order valence-corrected chi connectivity index (χ4v) is 6.28. The number of aryl methyl sites for hydroxylation is 1. The van der Waals surface area contributed by atoms with Crippen molar-refractivity contribution >= 4 is 5.91 Å². The highest BCUT2D eigenvalue weighted by Crippen LogP contribution is 2.57. The van der Waals surface area contributed by atoms with Gasteiger partial charge in [0.25, 0.3) is 0 Å². The first-order valence-corrected chi connectivity index (χ1v) is 12.4. The Balaban J connectivity index is 1.21. The van der Waals surface area contributed by atoms with Crippen molar-refractivity contribution < 1.29 is 14.1 Å². The normalized spacial score (nSPS) is 26.4. The maximum atomic E-state index is 13.3. The molecule has 3 saturated carbocycles. The zero-order valence-electron chi connectivity index (χ0n) is 19.8. The zero-order chi connectivity index (χ0) is 23.3. The molecule has 0 aliphatic heterocycles. The summed E-state index contributed by atoms with van der Waals surface area (Å²) in [6.45, 7) is 2.62. The van der Waals surface area contributed by atoms with Crippen molar-refractivity contribution in [3.8, 4) is 5.75 Å². The number of benzene rings is 2. The van der Waals surface area contributed by atoms with E-state index in [0.717, 1.165) is 49.2 Å². The lowest BCUT2D eigenvalue weighted by molar-refractivity contribution is -0.127. The maximum absolute atomic E-state index is 13.3. The number of amides is 1. The number of rotatable bonds is 7. The van der Waals surface area contributed by atoms with E-state index < -0.39 is 0 Å². The van der Waals surface area contributed by atoms with Crippen LogP contribution in [0.4, 0.5) is 0 Å². The van der Waals surface area contributed by atoms with Gasteiger partial charge in [0.05, 0.1) is 24.4 Å². The minimum Gasteiger partial charge on any atom is -0.497 e. The molecule has 4 atom stereocenters. The van der Waals surface area contributed by atoms with Crippen LogP contribution in [0.25, 0.3) is 0 Å². The average Bonchev–Trinajstić information content (AvgIpc) is 3.20. The average molecular weight is 458 g/mol. The van der Waals surface area contributed by atoms with Crippen molar-refractivity contribution in [3.05, 3.63) is 76.9 Å². The number of hydrogen-bond donors (Lipinski definition) is 1. The summed E-state index contributed by atoms with van der Waals surface area (Å²) in [6.07, 6.45) is 5.35. The zero-order valence-corrected chi connectivity index (χ0v) is 19.8. The van der Waals surface area contributed by atoms with Gasteiger partial charge in [-0.3, -0.25) is 4.79 Å². The quantitative estimate of drug-likeness (QED) is 0.545. The van der Waals surface area contributed by atoms with Crippen LogP contribution in [0.5, 0.6) is 5.75 Å². The molecule has 3 aliphatic carbocycles. The number of nitrogens with zero attached hydrogens (tertiary/aromatic N) is 2. The summed E-state index contributed by atoms with van der Waals surface area (Å²) in [4.78, 5) is 18.3. The fourth-order valence-electron chi connectivity index (χ4n) is 6.28. The van der Waals surface area contributed by atoms with Gasteiger partial charge in [-0.2, -0.15) is 4.98 Å². The van der Waals surface area contributed by atoms with E-state index in [0.29, 0.717) is 24.3 Å². The van der Waals surface area contributed by atoms with Crippen molar-refractivity contribution in [3.63, 3.8) is 0 Å². The molecular weight excluding hydrogens is 426 g/mol. The molecular formula is C28H31N3O3. The van der Waals surface area contributed by atoms with E-state index in [9.17, 15) is 4.79 Å². The Morgan fingerprint density at radius 3 is 2.53 bits per heavy atom. The van der Waals surface area contributed by atoms with E-state index in [-0.39, 0.29) is 23.2 Å². The summed E-state index contributed by atoms with van der Waals surface area (Å²) in [7, 11) is 1.68. The molecule has 1 heterocycles. The third-order valence-electron chi connectivity index (χ3n) is 8.35. The molecule has 0 unspecified atom stereocenters. The Bertz CT molecular complexity index is 1180. The highest BCUT2D eigenvalue weighted by atomic mass is 16.5. The van der Waals surface area contributed by atoms with Gasteiger partial charge in [-0.05, 0) is 74.1 Å². The predicted octanol–water partition coefficient (Wildman–Crippen LogP) is 4.91. The number of ether oxygens (including phenoxy) is 1. The van der Waals surface area contributed by atoms with E-state index in [1.54, 1.807) is 7.11 Å². The molecule has 1 amide bonds. The SMILES string of the molecule is COc1ccc(C2(c3noc([C@H]4[C@@H]5CC[C@@H](C5)[C@@H]4C(=O)NCc4ccc(C)cc4)n3)CC2)cc1. The lowest BCUT2D eigenvalue weighted by Gasteiger charge is -2.27. The van der Waals surface area contributed by atoms with Crippen LogP contribution in [0.3, 0.4) is 0 Å². The first kappa shape index (κ1) is 21.4. The summed E-state index contributed by atoms with van der Waals surface area (Å²) >= 11 is 0. The molecule has 6 nitrogen and oxygen atoms in total. The molecule has 34 heavy (non-hydrogen) atoms. The van der Waals surface area contributed by atoms with Gasteiger partial charge in [0.1, 0.15) is 5.75 Å². The van der Waals surface area contributed by atoms with Crippen LogP contribution in [-0.2, 0) is 16.8 Å². The number of nitrogens with one attached hydrogen (secondary N) is 1. The summed E-state index contributed by atoms with van der Waals surface area (Å²) in [5, 5.41) is 7.63. The summed E-state index contributed by atoms with van der Waals surface area (Å²) in [5.74, 6) is 3.15. The van der Waals surface area contributed by atoms with Gasteiger partial charge in [-0.1, -0.05) is 47.1 Å². The van der Waals surface area contributed by atoms with Crippen LogP contribution in [-0.4, -0.2) is 23.2 Å². The van der Waals surface area contributed by atoms with E-state index >= 15 is 0 Å². The molecule has 0 spiro atoms. The van der Waals surface area contributed by atoms with Crippen LogP contribution in [0.2, 0.25) is 0 Å². The fraction of sp³-hybridized carbons (Fsp3) is 0.464. The molecule has 2 bridgehead atoms. The van der Waals surface area contributed by atoms with E-state index in [2.05, 4.69) is 53.8 Å². The highest BCUT2D eigenvalue weighted by Gasteiger charge is 2.55. The molecule has 176 valence electrons. The van der Waals surface area contributed by atoms with Crippen LogP contribution >= 0.6 is 0 Å². The van der Waals surface area contributed by atoms with Gasteiger partial charge in [0.2, 0.25) is 11.8 Å². The lowest BCUT2D eigenvalue weighted by atomic mass is 9.78. The Morgan fingerprint density at radius 1 is 1.09 bits per heavy atom. The first-order chi connectivity index (χ1) is 16.6. The molecule has 6 rings (SSSR count). The molecule has 3 aliphatic rings. The van der Waals surface area contributed by atoms with Crippen LogP contribution in [0.15, 0.2) is 53.1 Å². The Hall–Kier alpha value is -3.15. The van der Waals surface area contributed by atoms with Crippen molar-refractivity contribution in [1.82, 2.24) is 15.5 Å². The van der Waals surface area contributed by atoms with Gasteiger partial charge < -0.3 is 14.6 Å². The number of fused-ring (bicyclic) bond motifs is 2. The van der Waals surface area contributed by atoms with Crippen molar-refractivity contribution in [2.45, 2.75) is 56.9 Å². The van der Waals surface area contributed by atoms with Gasteiger partial charge in [0, 0.05) is 6.54 Å². The monoisotopic (exact) mass is 457 g/mol. The van der Waals surface area contributed by atoms with Crippen LogP contribution in [0.1, 0.15) is 66.4 Å². The molecule has 3 fully saturated rings. The molecule has 6 heteroatoms. The number of carbonyl (C=O) groups excluding carboxylic acids is 1.